The van der Waals surface area contributed by atoms with Crippen molar-refractivity contribution in [2.75, 3.05) is 13.7 Å². The molecule has 3 aromatic rings. The Bertz CT molecular complexity index is 880. The Labute approximate surface area is 167 Å². The largest absolute Gasteiger partial charge is 1.00 e. The van der Waals surface area contributed by atoms with E-state index in [1.165, 1.54) is 10.9 Å². The minimum atomic E-state index is -0.466. The Morgan fingerprint density at radius 3 is 2.33 bits per heavy atom. The molecule has 0 amide bonds. The van der Waals surface area contributed by atoms with Crippen LogP contribution in [-0.4, -0.2) is 24.8 Å². The molecule has 3 aromatic carbocycles. The number of methoxy groups -OCH3 is 1. The van der Waals surface area contributed by atoms with Crippen LogP contribution >= 0.6 is 0 Å². The van der Waals surface area contributed by atoms with Crippen molar-refractivity contribution in [2.45, 2.75) is 19.1 Å². The SMILES string of the molecule is COc1ccc(/C=C/C[NH2+]C(C)C(O)c2ccccc2)c2ccccc12.[Cl-]. The van der Waals surface area contributed by atoms with Gasteiger partial charge >= 0.3 is 0 Å². The van der Waals surface area contributed by atoms with Crippen LogP contribution in [0.2, 0.25) is 0 Å². The quantitative estimate of drug-likeness (QED) is 0.626. The summed E-state index contributed by atoms with van der Waals surface area (Å²) < 4.78 is 5.45. The number of aliphatic hydroxyl groups excluding tert-OH is 1. The zero-order chi connectivity index (χ0) is 18.4. The number of quaternary nitrogens is 1. The van der Waals surface area contributed by atoms with E-state index in [0.717, 1.165) is 23.2 Å². The monoisotopic (exact) mass is 383 g/mol. The van der Waals surface area contributed by atoms with Gasteiger partial charge in [0.05, 0.1) is 13.7 Å². The summed E-state index contributed by atoms with van der Waals surface area (Å²) >= 11 is 0. The summed E-state index contributed by atoms with van der Waals surface area (Å²) in [6, 6.07) is 22.3. The molecule has 0 saturated carbocycles. The van der Waals surface area contributed by atoms with Gasteiger partial charge in [0.1, 0.15) is 17.9 Å². The van der Waals surface area contributed by atoms with Crippen molar-refractivity contribution in [3.05, 3.63) is 83.9 Å². The molecule has 3 nitrogen and oxygen atoms in total. The molecule has 3 rings (SSSR count). The summed E-state index contributed by atoms with van der Waals surface area (Å²) in [7, 11) is 1.70. The van der Waals surface area contributed by atoms with Crippen LogP contribution in [0.25, 0.3) is 16.8 Å². The number of halogens is 1. The molecule has 27 heavy (non-hydrogen) atoms. The van der Waals surface area contributed by atoms with Gasteiger partial charge in [-0.05, 0) is 35.6 Å². The Balaban J connectivity index is 0.00000261. The van der Waals surface area contributed by atoms with Crippen molar-refractivity contribution in [3.8, 4) is 5.75 Å². The van der Waals surface area contributed by atoms with Gasteiger partial charge in [0.25, 0.3) is 0 Å². The Morgan fingerprint density at radius 2 is 1.63 bits per heavy atom. The number of rotatable bonds is 7. The van der Waals surface area contributed by atoms with Crippen LogP contribution in [0.4, 0.5) is 0 Å². The highest BCUT2D eigenvalue weighted by Crippen LogP contribution is 2.28. The van der Waals surface area contributed by atoms with Gasteiger partial charge < -0.3 is 27.6 Å². The second-order valence-corrected chi connectivity index (χ2v) is 6.49. The lowest BCUT2D eigenvalue weighted by Crippen LogP contribution is -3.00. The molecule has 0 saturated heterocycles. The van der Waals surface area contributed by atoms with Crippen molar-refractivity contribution in [1.82, 2.24) is 0 Å². The van der Waals surface area contributed by atoms with Gasteiger partial charge in [-0.3, -0.25) is 0 Å². The second kappa shape index (κ2) is 10.1. The van der Waals surface area contributed by atoms with Gasteiger partial charge in [-0.2, -0.15) is 0 Å². The van der Waals surface area contributed by atoms with Crippen molar-refractivity contribution in [3.63, 3.8) is 0 Å². The zero-order valence-electron chi connectivity index (χ0n) is 15.7. The molecule has 0 radical (unpaired) electrons. The first-order valence-electron chi connectivity index (χ1n) is 8.99. The third kappa shape index (κ3) is 5.10. The van der Waals surface area contributed by atoms with E-state index in [4.69, 9.17) is 4.74 Å². The van der Waals surface area contributed by atoms with Gasteiger partial charge in [0.15, 0.2) is 0 Å². The van der Waals surface area contributed by atoms with E-state index in [0.29, 0.717) is 0 Å². The maximum absolute atomic E-state index is 10.4. The fraction of sp³-hybridized carbons (Fsp3) is 0.217. The third-order valence-electron chi connectivity index (χ3n) is 4.72. The Hall–Kier alpha value is -2.33. The molecule has 0 fully saturated rings. The van der Waals surface area contributed by atoms with Crippen molar-refractivity contribution in [2.24, 2.45) is 0 Å². The van der Waals surface area contributed by atoms with Crippen molar-refractivity contribution < 1.29 is 27.6 Å². The number of nitrogens with two attached hydrogens (primary N) is 1. The van der Waals surface area contributed by atoms with Gasteiger partial charge in [-0.1, -0.05) is 66.7 Å². The zero-order valence-corrected chi connectivity index (χ0v) is 16.4. The first-order valence-corrected chi connectivity index (χ1v) is 8.99. The number of aliphatic hydroxyl groups is 1. The third-order valence-corrected chi connectivity index (χ3v) is 4.72. The molecule has 3 N–H and O–H groups in total. The lowest BCUT2D eigenvalue weighted by molar-refractivity contribution is -0.686. The van der Waals surface area contributed by atoms with Gasteiger partial charge in [0.2, 0.25) is 0 Å². The highest BCUT2D eigenvalue weighted by molar-refractivity contribution is 5.94. The molecule has 0 aliphatic heterocycles. The normalized spacial score (nSPS) is 13.3. The number of hydrogen-bond donors (Lipinski definition) is 2. The fourth-order valence-corrected chi connectivity index (χ4v) is 3.19. The number of benzene rings is 3. The highest BCUT2D eigenvalue weighted by atomic mass is 35.5. The molecule has 2 atom stereocenters. The molecule has 0 heterocycles. The molecular weight excluding hydrogens is 358 g/mol. The van der Waals surface area contributed by atoms with Crippen LogP contribution in [-0.2, 0) is 0 Å². The van der Waals surface area contributed by atoms with Crippen LogP contribution in [0.5, 0.6) is 5.75 Å². The van der Waals surface area contributed by atoms with Crippen LogP contribution in [0.1, 0.15) is 24.2 Å². The van der Waals surface area contributed by atoms with Crippen LogP contribution < -0.4 is 22.5 Å². The predicted octanol–water partition coefficient (Wildman–Crippen LogP) is 0.551. The van der Waals surface area contributed by atoms with Crippen molar-refractivity contribution in [1.29, 1.82) is 0 Å². The van der Waals surface area contributed by atoms with Crippen LogP contribution in [0.15, 0.2) is 72.8 Å². The average molecular weight is 384 g/mol. The molecule has 0 aliphatic carbocycles. The van der Waals surface area contributed by atoms with E-state index in [1.807, 2.05) is 55.5 Å². The summed E-state index contributed by atoms with van der Waals surface area (Å²) in [4.78, 5) is 0. The van der Waals surface area contributed by atoms with E-state index >= 15 is 0 Å². The maximum Gasteiger partial charge on any atom is 0.130 e. The summed E-state index contributed by atoms with van der Waals surface area (Å²) in [5.74, 6) is 0.893. The summed E-state index contributed by atoms with van der Waals surface area (Å²) in [6.07, 6.45) is 3.81. The van der Waals surface area contributed by atoms with Gasteiger partial charge in [-0.15, -0.1) is 0 Å². The molecular formula is C23H26ClNO2. The lowest BCUT2D eigenvalue weighted by Gasteiger charge is -2.17. The van der Waals surface area contributed by atoms with Crippen LogP contribution in [0.3, 0.4) is 0 Å². The molecule has 0 bridgehead atoms. The van der Waals surface area contributed by atoms with Crippen molar-refractivity contribution >= 4 is 16.8 Å². The molecule has 0 spiro atoms. The maximum atomic E-state index is 10.4. The Kier molecular flexibility index (Phi) is 7.86. The van der Waals surface area contributed by atoms with Gasteiger partial charge in [-0.25, -0.2) is 0 Å². The van der Waals surface area contributed by atoms with Crippen LogP contribution in [0, 0.1) is 0 Å². The number of fused-ring (bicyclic) bond motifs is 1. The first-order chi connectivity index (χ1) is 12.7. The minimum Gasteiger partial charge on any atom is -1.00 e. The molecule has 2 unspecified atom stereocenters. The highest BCUT2D eigenvalue weighted by Gasteiger charge is 2.17. The number of hydrogen-bond acceptors (Lipinski definition) is 2. The predicted molar refractivity (Wildman–Crippen MR) is 107 cm³/mol. The average Bonchev–Trinajstić information content (AvgIpc) is 2.71. The van der Waals surface area contributed by atoms with E-state index in [1.54, 1.807) is 7.11 Å². The Morgan fingerprint density at radius 1 is 0.963 bits per heavy atom. The number of ether oxygens (including phenoxy) is 1. The van der Waals surface area contributed by atoms with E-state index in [2.05, 4.69) is 35.7 Å². The summed E-state index contributed by atoms with van der Waals surface area (Å²) in [5, 5.41) is 14.9. The van der Waals surface area contributed by atoms with E-state index in [-0.39, 0.29) is 18.4 Å². The summed E-state index contributed by atoms with van der Waals surface area (Å²) in [5.41, 5.74) is 2.13. The minimum absolute atomic E-state index is 0. The standard InChI is InChI=1S/C23H25NO2.ClH/c1-17(23(25)19-9-4-3-5-10-19)24-16-8-11-18-14-15-22(26-2)21-13-7-6-12-20(18)21;/h3-15,17,23-25H,16H2,1-2H3;1H/b11-8+;. The first kappa shape index (κ1) is 21.0. The summed E-state index contributed by atoms with van der Waals surface area (Å²) in [6.45, 7) is 2.86. The topological polar surface area (TPSA) is 46.1 Å². The van der Waals surface area contributed by atoms with E-state index in [9.17, 15) is 5.11 Å². The second-order valence-electron chi connectivity index (χ2n) is 6.49. The smallest absolute Gasteiger partial charge is 0.130 e. The molecule has 4 heteroatoms. The van der Waals surface area contributed by atoms with Gasteiger partial charge in [0, 0.05) is 5.39 Å². The lowest BCUT2D eigenvalue weighted by atomic mass is 10.0. The molecule has 0 aromatic heterocycles. The molecule has 0 aliphatic rings. The fourth-order valence-electron chi connectivity index (χ4n) is 3.19. The molecule has 142 valence electrons. The van der Waals surface area contributed by atoms with E-state index < -0.39 is 6.10 Å².